The van der Waals surface area contributed by atoms with Crippen molar-refractivity contribution in [3.63, 3.8) is 0 Å². The van der Waals surface area contributed by atoms with E-state index in [4.69, 9.17) is 23.7 Å². The van der Waals surface area contributed by atoms with Crippen molar-refractivity contribution < 1.29 is 33.9 Å². The predicted molar refractivity (Wildman–Crippen MR) is 137 cm³/mol. The highest BCUT2D eigenvalue weighted by Crippen LogP contribution is 2.35. The van der Waals surface area contributed by atoms with Crippen molar-refractivity contribution >= 4 is 11.8 Å². The third-order valence-electron chi connectivity index (χ3n) is 5.95. The summed E-state index contributed by atoms with van der Waals surface area (Å²) in [6.07, 6.45) is -3.76. The van der Waals surface area contributed by atoms with E-state index < -0.39 is 29.9 Å². The molecular formula is C28H32O7S. The van der Waals surface area contributed by atoms with E-state index in [1.54, 1.807) is 14.2 Å². The lowest BCUT2D eigenvalue weighted by atomic mass is 10.00. The van der Waals surface area contributed by atoms with Crippen molar-refractivity contribution in [2.45, 2.75) is 48.0 Å². The van der Waals surface area contributed by atoms with Crippen LogP contribution in [0.15, 0.2) is 83.8 Å². The van der Waals surface area contributed by atoms with Crippen LogP contribution in [0.4, 0.5) is 0 Å². The van der Waals surface area contributed by atoms with Gasteiger partial charge in [-0.25, -0.2) is 0 Å². The fourth-order valence-corrected chi connectivity index (χ4v) is 5.03. The number of aliphatic hydroxyl groups is 2. The van der Waals surface area contributed by atoms with E-state index in [2.05, 4.69) is 0 Å². The molecule has 1 saturated heterocycles. The largest absolute Gasteiger partial charge is 0.497 e. The molecule has 0 spiro atoms. The molecule has 0 radical (unpaired) electrons. The van der Waals surface area contributed by atoms with Crippen LogP contribution in [0.3, 0.4) is 0 Å². The second kappa shape index (κ2) is 13.1. The third-order valence-corrected chi connectivity index (χ3v) is 7.11. The Hall–Kier alpha value is -2.59. The van der Waals surface area contributed by atoms with Crippen LogP contribution in [0.1, 0.15) is 11.1 Å². The van der Waals surface area contributed by atoms with Crippen LogP contribution in [0.25, 0.3) is 0 Å². The highest BCUT2D eigenvalue weighted by molar-refractivity contribution is 7.99. The molecule has 5 atom stereocenters. The molecule has 0 aliphatic carbocycles. The fraction of sp³-hybridized carbons (Fsp3) is 0.357. The second-order valence-electron chi connectivity index (χ2n) is 8.44. The number of hydrogen-bond acceptors (Lipinski definition) is 8. The first-order chi connectivity index (χ1) is 17.6. The maximum Gasteiger partial charge on any atom is 0.137 e. The van der Waals surface area contributed by atoms with Gasteiger partial charge >= 0.3 is 0 Å². The lowest BCUT2D eigenvalue weighted by Gasteiger charge is -2.42. The second-order valence-corrected chi connectivity index (χ2v) is 9.61. The first kappa shape index (κ1) is 26.5. The number of aliphatic hydroxyl groups excluding tert-OH is 2. The van der Waals surface area contributed by atoms with Gasteiger partial charge in [0.2, 0.25) is 0 Å². The van der Waals surface area contributed by atoms with Gasteiger partial charge in [-0.05, 0) is 47.5 Å². The number of ether oxygens (including phenoxy) is 5. The molecule has 8 heteroatoms. The van der Waals surface area contributed by atoms with Crippen LogP contribution in [0, 0.1) is 0 Å². The number of thioether (sulfide) groups is 1. The van der Waals surface area contributed by atoms with Crippen molar-refractivity contribution in [2.24, 2.45) is 0 Å². The molecule has 1 aliphatic rings. The first-order valence-corrected chi connectivity index (χ1v) is 12.6. The lowest BCUT2D eigenvalue weighted by molar-refractivity contribution is -0.225. The van der Waals surface area contributed by atoms with E-state index in [0.717, 1.165) is 27.5 Å². The molecule has 7 nitrogen and oxygen atoms in total. The molecule has 0 bridgehead atoms. The summed E-state index contributed by atoms with van der Waals surface area (Å²) >= 11 is 1.45. The van der Waals surface area contributed by atoms with Gasteiger partial charge in [-0.3, -0.25) is 0 Å². The van der Waals surface area contributed by atoms with Gasteiger partial charge in [0, 0.05) is 4.90 Å². The van der Waals surface area contributed by atoms with Gasteiger partial charge in [0.15, 0.2) is 0 Å². The van der Waals surface area contributed by atoms with Gasteiger partial charge < -0.3 is 33.9 Å². The summed E-state index contributed by atoms with van der Waals surface area (Å²) < 4.78 is 28.6. The Morgan fingerprint density at radius 2 is 1.33 bits per heavy atom. The molecule has 1 unspecified atom stereocenters. The van der Waals surface area contributed by atoms with E-state index in [-0.39, 0.29) is 13.2 Å². The fourth-order valence-electron chi connectivity index (χ4n) is 3.88. The zero-order valence-electron chi connectivity index (χ0n) is 20.4. The molecule has 0 aromatic heterocycles. The van der Waals surface area contributed by atoms with Crippen LogP contribution in [0.2, 0.25) is 0 Å². The van der Waals surface area contributed by atoms with E-state index in [1.165, 1.54) is 11.8 Å². The topological polar surface area (TPSA) is 86.6 Å². The summed E-state index contributed by atoms with van der Waals surface area (Å²) in [6.45, 7) is 0.730. The smallest absolute Gasteiger partial charge is 0.137 e. The Morgan fingerprint density at radius 3 is 1.92 bits per heavy atom. The lowest BCUT2D eigenvalue weighted by Crippen LogP contribution is -2.58. The SMILES string of the molecule is COc1ccc(COC[C@H]2OC(Sc3ccccc3)[C@H](OCc3ccc(OC)cc3)[C@@H](O)[C@H]2O)cc1. The average Bonchev–Trinajstić information content (AvgIpc) is 2.92. The van der Waals surface area contributed by atoms with Crippen molar-refractivity contribution in [1.82, 2.24) is 0 Å². The minimum atomic E-state index is -1.16. The average molecular weight is 513 g/mol. The van der Waals surface area contributed by atoms with Crippen LogP contribution in [-0.4, -0.2) is 60.9 Å². The van der Waals surface area contributed by atoms with Gasteiger partial charge in [0.25, 0.3) is 0 Å². The van der Waals surface area contributed by atoms with Gasteiger partial charge in [-0.1, -0.05) is 54.2 Å². The van der Waals surface area contributed by atoms with Crippen LogP contribution >= 0.6 is 11.8 Å². The van der Waals surface area contributed by atoms with E-state index in [9.17, 15) is 10.2 Å². The van der Waals surface area contributed by atoms with E-state index >= 15 is 0 Å². The summed E-state index contributed by atoms with van der Waals surface area (Å²) in [5.74, 6) is 1.53. The highest BCUT2D eigenvalue weighted by atomic mass is 32.2. The Balaban J connectivity index is 1.41. The molecule has 4 rings (SSSR count). The highest BCUT2D eigenvalue weighted by Gasteiger charge is 2.45. The molecule has 2 N–H and O–H groups in total. The summed E-state index contributed by atoms with van der Waals surface area (Å²) in [7, 11) is 3.24. The zero-order valence-corrected chi connectivity index (χ0v) is 21.2. The Morgan fingerprint density at radius 1 is 0.750 bits per heavy atom. The molecule has 3 aromatic rings. The van der Waals surface area contributed by atoms with Crippen LogP contribution < -0.4 is 9.47 Å². The predicted octanol–water partition coefficient (Wildman–Crippen LogP) is 4.04. The van der Waals surface area contributed by atoms with E-state index in [1.807, 2.05) is 78.9 Å². The summed E-state index contributed by atoms with van der Waals surface area (Å²) in [5, 5.41) is 21.9. The summed E-state index contributed by atoms with van der Waals surface area (Å²) in [4.78, 5) is 0.974. The van der Waals surface area contributed by atoms with E-state index in [0.29, 0.717) is 6.61 Å². The molecule has 1 heterocycles. The van der Waals surface area contributed by atoms with Gasteiger partial charge in [-0.15, -0.1) is 0 Å². The third kappa shape index (κ3) is 7.00. The quantitative estimate of drug-likeness (QED) is 0.398. The maximum absolute atomic E-state index is 11.0. The molecule has 0 saturated carbocycles. The van der Waals surface area contributed by atoms with Gasteiger partial charge in [0.1, 0.15) is 41.4 Å². The zero-order chi connectivity index (χ0) is 25.3. The Labute approximate surface area is 215 Å². The molecule has 0 amide bonds. The van der Waals surface area contributed by atoms with Crippen LogP contribution in [-0.2, 0) is 27.4 Å². The molecule has 3 aromatic carbocycles. The number of hydrogen-bond donors (Lipinski definition) is 2. The normalized spacial score (nSPS) is 23.8. The van der Waals surface area contributed by atoms with Crippen molar-refractivity contribution in [3.8, 4) is 11.5 Å². The number of methoxy groups -OCH3 is 2. The van der Waals surface area contributed by atoms with Crippen molar-refractivity contribution in [3.05, 3.63) is 90.0 Å². The monoisotopic (exact) mass is 512 g/mol. The van der Waals surface area contributed by atoms with Crippen LogP contribution in [0.5, 0.6) is 11.5 Å². The molecule has 192 valence electrons. The summed E-state index contributed by atoms with van der Waals surface area (Å²) in [5.41, 5.74) is 1.35. The number of benzene rings is 3. The summed E-state index contributed by atoms with van der Waals surface area (Å²) in [6, 6.07) is 24.9. The van der Waals surface area contributed by atoms with Crippen molar-refractivity contribution in [2.75, 3.05) is 20.8 Å². The van der Waals surface area contributed by atoms with Gasteiger partial charge in [0.05, 0.1) is 34.0 Å². The molecule has 1 fully saturated rings. The first-order valence-electron chi connectivity index (χ1n) is 11.8. The maximum atomic E-state index is 11.0. The Bertz CT molecular complexity index is 1040. The molecule has 36 heavy (non-hydrogen) atoms. The molecule has 1 aliphatic heterocycles. The number of rotatable bonds is 11. The van der Waals surface area contributed by atoms with Gasteiger partial charge in [-0.2, -0.15) is 0 Å². The minimum Gasteiger partial charge on any atom is -0.497 e. The minimum absolute atomic E-state index is 0.126. The molecular weight excluding hydrogens is 480 g/mol. The Kier molecular flexibility index (Phi) is 9.63. The standard InChI is InChI=1S/C28H32O7S/c1-31-21-12-8-19(9-13-21)16-33-18-24-25(29)26(30)27(28(35-24)36-23-6-4-3-5-7-23)34-17-20-10-14-22(32-2)15-11-20/h3-15,24-30H,16-18H2,1-2H3/t24-,25+,26+,27-,28?/m1/s1. The van der Waals surface area contributed by atoms with Crippen molar-refractivity contribution in [1.29, 1.82) is 0 Å².